The van der Waals surface area contributed by atoms with Crippen molar-refractivity contribution >= 4 is 10.8 Å². The van der Waals surface area contributed by atoms with Crippen molar-refractivity contribution in [1.82, 2.24) is 0 Å². The maximum Gasteiger partial charge on any atom is 0.123 e. The quantitative estimate of drug-likeness (QED) is 0.623. The van der Waals surface area contributed by atoms with Gasteiger partial charge in [0.2, 0.25) is 0 Å². The third-order valence-corrected chi connectivity index (χ3v) is 2.41. The van der Waals surface area contributed by atoms with Crippen LogP contribution in [-0.2, 0) is 0 Å². The Morgan fingerprint density at radius 2 is 1.88 bits per heavy atom. The zero-order chi connectivity index (χ0) is 11.4. The molecule has 0 amide bonds. The van der Waals surface area contributed by atoms with Crippen molar-refractivity contribution in [1.29, 1.82) is 0 Å². The summed E-state index contributed by atoms with van der Waals surface area (Å²) in [7, 11) is 0. The molecular weight excluding hydrogens is 199 g/mol. The highest BCUT2D eigenvalue weighted by Gasteiger charge is 1.96. The second-order valence-electron chi connectivity index (χ2n) is 3.76. The molecule has 0 aliphatic rings. The topological polar surface area (TPSA) is 0 Å². The largest absolute Gasteiger partial charge is 0.207 e. The summed E-state index contributed by atoms with van der Waals surface area (Å²) in [5.41, 5.74) is 0.951. The second-order valence-corrected chi connectivity index (χ2v) is 3.76. The highest BCUT2D eigenvalue weighted by molar-refractivity contribution is 5.83. The van der Waals surface area contributed by atoms with Gasteiger partial charge in [-0.2, -0.15) is 0 Å². The Balaban J connectivity index is 2.40. The predicted molar refractivity (Wildman–Crippen MR) is 65.7 cm³/mol. The summed E-state index contributed by atoms with van der Waals surface area (Å²) in [6.07, 6.45) is 1.97. The van der Waals surface area contributed by atoms with E-state index in [1.54, 1.807) is 12.1 Å². The van der Waals surface area contributed by atoms with E-state index in [0.717, 1.165) is 29.2 Å². The van der Waals surface area contributed by atoms with Crippen molar-refractivity contribution < 1.29 is 4.39 Å². The maximum atomic E-state index is 13.0. The van der Waals surface area contributed by atoms with Gasteiger partial charge in [0, 0.05) is 12.0 Å². The fraction of sp³-hybridized carbons (Fsp3) is 0.200. The lowest BCUT2D eigenvalue weighted by atomic mass is 10.1. The molecular formula is C15H13F. The minimum atomic E-state index is -0.203. The molecule has 80 valence electrons. The minimum Gasteiger partial charge on any atom is -0.207 e. The van der Waals surface area contributed by atoms with Crippen LogP contribution in [0.1, 0.15) is 25.3 Å². The van der Waals surface area contributed by atoms with Gasteiger partial charge in [0.1, 0.15) is 5.82 Å². The smallest absolute Gasteiger partial charge is 0.123 e. The second kappa shape index (κ2) is 4.81. The monoisotopic (exact) mass is 212 g/mol. The Morgan fingerprint density at radius 3 is 2.69 bits per heavy atom. The molecule has 0 atom stereocenters. The van der Waals surface area contributed by atoms with Crippen molar-refractivity contribution in [2.45, 2.75) is 19.8 Å². The van der Waals surface area contributed by atoms with Crippen LogP contribution in [0.2, 0.25) is 0 Å². The molecule has 2 aromatic rings. The predicted octanol–water partition coefficient (Wildman–Crippen LogP) is 4.13. The van der Waals surface area contributed by atoms with Gasteiger partial charge in [0.25, 0.3) is 0 Å². The lowest BCUT2D eigenvalue weighted by Gasteiger charge is -1.98. The molecule has 0 aliphatic heterocycles. The SMILES string of the molecule is CCCC#Cc1ccc2ccc(F)cc2c1. The van der Waals surface area contributed by atoms with Crippen LogP contribution < -0.4 is 0 Å². The van der Waals surface area contributed by atoms with Crippen LogP contribution in [0.25, 0.3) is 10.8 Å². The molecule has 0 N–H and O–H groups in total. The molecule has 0 saturated carbocycles. The third-order valence-electron chi connectivity index (χ3n) is 2.41. The fourth-order valence-corrected chi connectivity index (χ4v) is 1.58. The van der Waals surface area contributed by atoms with Gasteiger partial charge in [-0.25, -0.2) is 4.39 Å². The molecule has 0 bridgehead atoms. The number of hydrogen-bond donors (Lipinski definition) is 0. The Kier molecular flexibility index (Phi) is 3.22. The normalized spacial score (nSPS) is 9.88. The van der Waals surface area contributed by atoms with Crippen molar-refractivity contribution in [3.8, 4) is 11.8 Å². The highest BCUT2D eigenvalue weighted by Crippen LogP contribution is 2.16. The van der Waals surface area contributed by atoms with Gasteiger partial charge < -0.3 is 0 Å². The van der Waals surface area contributed by atoms with E-state index < -0.39 is 0 Å². The summed E-state index contributed by atoms with van der Waals surface area (Å²) in [6.45, 7) is 2.10. The number of unbranched alkanes of at least 4 members (excludes halogenated alkanes) is 1. The van der Waals surface area contributed by atoms with Gasteiger partial charge >= 0.3 is 0 Å². The first-order chi connectivity index (χ1) is 7.79. The number of halogens is 1. The van der Waals surface area contributed by atoms with Gasteiger partial charge in [-0.05, 0) is 41.5 Å². The molecule has 0 spiro atoms. The van der Waals surface area contributed by atoms with Crippen molar-refractivity contribution in [2.24, 2.45) is 0 Å². The van der Waals surface area contributed by atoms with E-state index in [-0.39, 0.29) is 5.82 Å². The highest BCUT2D eigenvalue weighted by atomic mass is 19.1. The molecule has 2 rings (SSSR count). The zero-order valence-corrected chi connectivity index (χ0v) is 9.26. The molecule has 1 heteroatoms. The van der Waals surface area contributed by atoms with Crippen LogP contribution in [0.5, 0.6) is 0 Å². The van der Waals surface area contributed by atoms with Crippen LogP contribution in [0.4, 0.5) is 4.39 Å². The molecule has 2 aromatic carbocycles. The molecule has 0 nitrogen and oxygen atoms in total. The molecule has 0 heterocycles. The van der Waals surface area contributed by atoms with Crippen LogP contribution in [0.3, 0.4) is 0 Å². The van der Waals surface area contributed by atoms with Crippen LogP contribution in [0.15, 0.2) is 36.4 Å². The van der Waals surface area contributed by atoms with Gasteiger partial charge in [0.15, 0.2) is 0 Å². The van der Waals surface area contributed by atoms with Crippen LogP contribution in [-0.4, -0.2) is 0 Å². The van der Waals surface area contributed by atoms with Gasteiger partial charge in [-0.1, -0.05) is 30.9 Å². The standard InChI is InChI=1S/C15H13F/c1-2-3-4-5-12-6-7-13-8-9-15(16)11-14(13)10-12/h6-11H,2-3H2,1H3. The van der Waals surface area contributed by atoms with E-state index in [2.05, 4.69) is 18.8 Å². The maximum absolute atomic E-state index is 13.0. The molecule has 16 heavy (non-hydrogen) atoms. The summed E-state index contributed by atoms with van der Waals surface area (Å²) >= 11 is 0. The van der Waals surface area contributed by atoms with E-state index >= 15 is 0 Å². The molecule has 0 fully saturated rings. The van der Waals surface area contributed by atoms with E-state index in [0.29, 0.717) is 0 Å². The Bertz CT molecular complexity index is 558. The zero-order valence-electron chi connectivity index (χ0n) is 9.26. The first-order valence-electron chi connectivity index (χ1n) is 5.48. The summed E-state index contributed by atoms with van der Waals surface area (Å²) in [6, 6.07) is 10.7. The lowest BCUT2D eigenvalue weighted by molar-refractivity contribution is 0.630. The number of benzene rings is 2. The lowest BCUT2D eigenvalue weighted by Crippen LogP contribution is -1.79. The van der Waals surface area contributed by atoms with E-state index in [4.69, 9.17) is 0 Å². The average molecular weight is 212 g/mol. The number of hydrogen-bond acceptors (Lipinski definition) is 0. The number of rotatable bonds is 1. The molecule has 0 aliphatic carbocycles. The molecule has 0 unspecified atom stereocenters. The Hall–Kier alpha value is -1.81. The van der Waals surface area contributed by atoms with E-state index in [1.807, 2.05) is 18.2 Å². The summed E-state index contributed by atoms with van der Waals surface area (Å²) < 4.78 is 13.0. The minimum absolute atomic E-state index is 0.203. The summed E-state index contributed by atoms with van der Waals surface area (Å²) in [5, 5.41) is 1.95. The van der Waals surface area contributed by atoms with Crippen molar-refractivity contribution in [3.63, 3.8) is 0 Å². The molecule has 0 saturated heterocycles. The molecule has 0 aromatic heterocycles. The fourth-order valence-electron chi connectivity index (χ4n) is 1.58. The van der Waals surface area contributed by atoms with Gasteiger partial charge in [0.05, 0.1) is 0 Å². The Morgan fingerprint density at radius 1 is 1.06 bits per heavy atom. The first-order valence-corrected chi connectivity index (χ1v) is 5.48. The number of fused-ring (bicyclic) bond motifs is 1. The van der Waals surface area contributed by atoms with Crippen molar-refractivity contribution in [2.75, 3.05) is 0 Å². The van der Waals surface area contributed by atoms with Crippen LogP contribution in [0, 0.1) is 17.7 Å². The van der Waals surface area contributed by atoms with Gasteiger partial charge in [-0.15, -0.1) is 0 Å². The van der Waals surface area contributed by atoms with Gasteiger partial charge in [-0.3, -0.25) is 0 Å². The van der Waals surface area contributed by atoms with Crippen molar-refractivity contribution in [3.05, 3.63) is 47.8 Å². The Labute approximate surface area is 95.1 Å². The third kappa shape index (κ3) is 2.41. The summed E-state index contributed by atoms with van der Waals surface area (Å²) in [5.74, 6) is 5.97. The molecule has 0 radical (unpaired) electrons. The summed E-state index contributed by atoms with van der Waals surface area (Å²) in [4.78, 5) is 0. The first kappa shape index (κ1) is 10.7. The van der Waals surface area contributed by atoms with E-state index in [1.165, 1.54) is 6.07 Å². The average Bonchev–Trinajstić information content (AvgIpc) is 2.29. The van der Waals surface area contributed by atoms with E-state index in [9.17, 15) is 4.39 Å². The van der Waals surface area contributed by atoms with Crippen LogP contribution >= 0.6 is 0 Å².